The monoisotopic (exact) mass is 218 g/mol. The second-order valence-electron chi connectivity index (χ2n) is 3.41. The normalized spacial score (nSPS) is 10.4. The van der Waals surface area contributed by atoms with E-state index in [2.05, 4.69) is 21.9 Å². The summed E-state index contributed by atoms with van der Waals surface area (Å²) in [6, 6.07) is 1.73. The summed E-state index contributed by atoms with van der Waals surface area (Å²) in [5, 5.41) is 0. The zero-order valence-corrected chi connectivity index (χ0v) is 9.42. The van der Waals surface area contributed by atoms with Gasteiger partial charge in [-0.1, -0.05) is 6.92 Å². The number of nitrogens with zero attached hydrogens (tertiary/aromatic N) is 4. The van der Waals surface area contributed by atoms with Crippen molar-refractivity contribution in [3.8, 4) is 5.88 Å². The number of hydrogen-bond acceptors (Lipinski definition) is 4. The minimum Gasteiger partial charge on any atom is -0.481 e. The maximum Gasteiger partial charge on any atom is 0.216 e. The Labute approximate surface area is 94.1 Å². The smallest absolute Gasteiger partial charge is 0.216 e. The molecule has 2 rings (SSSR count). The molecule has 0 saturated heterocycles. The minimum atomic E-state index is 0.584. The van der Waals surface area contributed by atoms with Crippen molar-refractivity contribution in [3.05, 3.63) is 36.3 Å². The highest BCUT2D eigenvalue weighted by Crippen LogP contribution is 2.05. The van der Waals surface area contributed by atoms with Crippen LogP contribution in [0.25, 0.3) is 0 Å². The van der Waals surface area contributed by atoms with Crippen LogP contribution in [0.2, 0.25) is 0 Å². The third-order valence-corrected chi connectivity index (χ3v) is 2.26. The van der Waals surface area contributed by atoms with Crippen LogP contribution in [0, 0.1) is 0 Å². The van der Waals surface area contributed by atoms with Crippen molar-refractivity contribution >= 4 is 0 Å². The molecule has 84 valence electrons. The third kappa shape index (κ3) is 2.36. The molecule has 0 bridgehead atoms. The molecule has 2 aromatic heterocycles. The Morgan fingerprint density at radius 2 is 2.25 bits per heavy atom. The lowest BCUT2D eigenvalue weighted by Gasteiger charge is -2.02. The van der Waals surface area contributed by atoms with Crippen LogP contribution in [0.5, 0.6) is 5.88 Å². The molecule has 0 saturated carbocycles. The zero-order chi connectivity index (χ0) is 11.4. The lowest BCUT2D eigenvalue weighted by molar-refractivity contribution is 0.394. The van der Waals surface area contributed by atoms with E-state index in [1.807, 2.05) is 10.8 Å². The van der Waals surface area contributed by atoms with Gasteiger partial charge in [0.25, 0.3) is 0 Å². The molecule has 5 heteroatoms. The second-order valence-corrected chi connectivity index (χ2v) is 3.41. The standard InChI is InChI=1S/C11H14N4O/c1-3-9-6-15(8-13-9)7-10-12-5-4-11(14-10)16-2/h4-6,8H,3,7H2,1-2H3. The van der Waals surface area contributed by atoms with E-state index in [0.29, 0.717) is 12.4 Å². The maximum atomic E-state index is 5.04. The molecule has 0 atom stereocenters. The number of aryl methyl sites for hydroxylation is 1. The highest BCUT2D eigenvalue weighted by Gasteiger charge is 2.01. The van der Waals surface area contributed by atoms with Gasteiger partial charge in [-0.15, -0.1) is 0 Å². The number of hydrogen-bond donors (Lipinski definition) is 0. The molecule has 0 aliphatic rings. The first kappa shape index (κ1) is 10.6. The summed E-state index contributed by atoms with van der Waals surface area (Å²) in [6.07, 6.45) is 6.43. The van der Waals surface area contributed by atoms with Crippen molar-refractivity contribution in [2.45, 2.75) is 19.9 Å². The van der Waals surface area contributed by atoms with Gasteiger partial charge >= 0.3 is 0 Å². The van der Waals surface area contributed by atoms with Crippen molar-refractivity contribution < 1.29 is 4.74 Å². The van der Waals surface area contributed by atoms with Crippen LogP contribution in [-0.2, 0) is 13.0 Å². The largest absolute Gasteiger partial charge is 0.481 e. The number of ether oxygens (including phenoxy) is 1. The van der Waals surface area contributed by atoms with E-state index >= 15 is 0 Å². The average molecular weight is 218 g/mol. The van der Waals surface area contributed by atoms with Crippen molar-refractivity contribution in [2.75, 3.05) is 7.11 Å². The number of methoxy groups -OCH3 is 1. The summed E-state index contributed by atoms with van der Waals surface area (Å²) >= 11 is 0. The van der Waals surface area contributed by atoms with Crippen molar-refractivity contribution in [2.24, 2.45) is 0 Å². The van der Waals surface area contributed by atoms with E-state index in [-0.39, 0.29) is 0 Å². The van der Waals surface area contributed by atoms with Crippen molar-refractivity contribution in [1.82, 2.24) is 19.5 Å². The van der Waals surface area contributed by atoms with Crippen LogP contribution in [0.4, 0.5) is 0 Å². The van der Waals surface area contributed by atoms with Gasteiger partial charge in [-0.25, -0.2) is 9.97 Å². The van der Waals surface area contributed by atoms with Crippen LogP contribution in [0.15, 0.2) is 24.8 Å². The van der Waals surface area contributed by atoms with Crippen LogP contribution < -0.4 is 4.74 Å². The zero-order valence-electron chi connectivity index (χ0n) is 9.42. The summed E-state index contributed by atoms with van der Waals surface area (Å²) in [5.41, 5.74) is 1.07. The van der Waals surface area contributed by atoms with Gasteiger partial charge in [0.15, 0.2) is 5.82 Å². The summed E-state index contributed by atoms with van der Waals surface area (Å²) < 4.78 is 7.01. The van der Waals surface area contributed by atoms with Crippen LogP contribution >= 0.6 is 0 Å². The molecular weight excluding hydrogens is 204 g/mol. The highest BCUT2D eigenvalue weighted by atomic mass is 16.5. The third-order valence-electron chi connectivity index (χ3n) is 2.26. The average Bonchev–Trinajstić information content (AvgIpc) is 2.77. The van der Waals surface area contributed by atoms with Crippen LogP contribution in [-0.4, -0.2) is 26.6 Å². The van der Waals surface area contributed by atoms with E-state index in [1.165, 1.54) is 0 Å². The number of aromatic nitrogens is 4. The first-order valence-electron chi connectivity index (χ1n) is 5.18. The molecule has 0 fully saturated rings. The Morgan fingerprint density at radius 3 is 2.94 bits per heavy atom. The van der Waals surface area contributed by atoms with Crippen LogP contribution in [0.3, 0.4) is 0 Å². The summed E-state index contributed by atoms with van der Waals surface area (Å²) in [6.45, 7) is 2.69. The predicted octanol–water partition coefficient (Wildman–Crippen LogP) is 1.29. The van der Waals surface area contributed by atoms with Gasteiger partial charge in [-0.05, 0) is 6.42 Å². The number of imidazole rings is 1. The van der Waals surface area contributed by atoms with Gasteiger partial charge in [-0.3, -0.25) is 0 Å². The van der Waals surface area contributed by atoms with Gasteiger partial charge < -0.3 is 9.30 Å². The molecule has 0 unspecified atom stereocenters. The Kier molecular flexibility index (Phi) is 3.14. The van der Waals surface area contributed by atoms with E-state index in [4.69, 9.17) is 4.74 Å². The summed E-state index contributed by atoms with van der Waals surface area (Å²) in [5.74, 6) is 1.31. The molecule has 2 aromatic rings. The molecule has 2 heterocycles. The topological polar surface area (TPSA) is 52.8 Å². The van der Waals surface area contributed by atoms with E-state index < -0.39 is 0 Å². The molecule has 0 aliphatic heterocycles. The van der Waals surface area contributed by atoms with Crippen molar-refractivity contribution in [3.63, 3.8) is 0 Å². The van der Waals surface area contributed by atoms with E-state index in [9.17, 15) is 0 Å². The SMILES string of the molecule is CCc1cn(Cc2nccc(OC)n2)cn1. The molecule has 0 radical (unpaired) electrons. The van der Waals surface area contributed by atoms with Crippen molar-refractivity contribution in [1.29, 1.82) is 0 Å². The van der Waals surface area contributed by atoms with E-state index in [0.717, 1.165) is 17.9 Å². The Bertz CT molecular complexity index is 467. The fraction of sp³-hybridized carbons (Fsp3) is 0.364. The Balaban J connectivity index is 2.13. The fourth-order valence-corrected chi connectivity index (χ4v) is 1.41. The first-order valence-corrected chi connectivity index (χ1v) is 5.18. The second kappa shape index (κ2) is 4.74. The molecule has 5 nitrogen and oxygen atoms in total. The lowest BCUT2D eigenvalue weighted by Crippen LogP contribution is -2.03. The van der Waals surface area contributed by atoms with Gasteiger partial charge in [0.05, 0.1) is 25.7 Å². The summed E-state index contributed by atoms with van der Waals surface area (Å²) in [4.78, 5) is 12.7. The summed E-state index contributed by atoms with van der Waals surface area (Å²) in [7, 11) is 1.60. The van der Waals surface area contributed by atoms with Gasteiger partial charge in [-0.2, -0.15) is 4.98 Å². The molecule has 0 spiro atoms. The predicted molar refractivity (Wildman–Crippen MR) is 59.3 cm³/mol. The molecule has 0 N–H and O–H groups in total. The van der Waals surface area contributed by atoms with Crippen LogP contribution in [0.1, 0.15) is 18.4 Å². The van der Waals surface area contributed by atoms with Gasteiger partial charge in [0.2, 0.25) is 5.88 Å². The Hall–Kier alpha value is -1.91. The first-order chi connectivity index (χ1) is 7.81. The maximum absolute atomic E-state index is 5.04. The van der Waals surface area contributed by atoms with Gasteiger partial charge in [0, 0.05) is 18.5 Å². The molecule has 0 aromatic carbocycles. The lowest BCUT2D eigenvalue weighted by atomic mass is 10.4. The molecule has 16 heavy (non-hydrogen) atoms. The molecular formula is C11H14N4O. The molecule has 0 amide bonds. The number of rotatable bonds is 4. The highest BCUT2D eigenvalue weighted by molar-refractivity contribution is 5.08. The van der Waals surface area contributed by atoms with Gasteiger partial charge in [0.1, 0.15) is 0 Å². The quantitative estimate of drug-likeness (QED) is 0.776. The van der Waals surface area contributed by atoms with E-state index in [1.54, 1.807) is 25.7 Å². The minimum absolute atomic E-state index is 0.584. The fourth-order valence-electron chi connectivity index (χ4n) is 1.41. The molecule has 0 aliphatic carbocycles. The Morgan fingerprint density at radius 1 is 1.38 bits per heavy atom.